The second kappa shape index (κ2) is 7.39. The topological polar surface area (TPSA) is 85.2 Å². The molecule has 1 heterocycles. The van der Waals surface area contributed by atoms with Gasteiger partial charge >= 0.3 is 6.09 Å². The third kappa shape index (κ3) is 3.85. The highest BCUT2D eigenvalue weighted by Crippen LogP contribution is 2.16. The normalized spacial score (nSPS) is 10.2. The van der Waals surface area contributed by atoms with Gasteiger partial charge in [-0.2, -0.15) is 5.10 Å². The van der Waals surface area contributed by atoms with Gasteiger partial charge in [0.15, 0.2) is 0 Å². The summed E-state index contributed by atoms with van der Waals surface area (Å²) in [4.78, 5) is 23.3. The molecule has 0 aliphatic heterocycles. The lowest BCUT2D eigenvalue weighted by Crippen LogP contribution is -2.42. The first-order valence-electron chi connectivity index (χ1n) is 7.12. The zero-order valence-corrected chi connectivity index (χ0v) is 12.8. The largest absolute Gasteiger partial charge is 0.449 e. The van der Waals surface area contributed by atoms with Gasteiger partial charge in [0, 0.05) is 0 Å². The molecule has 0 unspecified atom stereocenters. The zero-order chi connectivity index (χ0) is 16.8. The van der Waals surface area contributed by atoms with Crippen molar-refractivity contribution in [3.63, 3.8) is 0 Å². The number of nitrogens with zero attached hydrogens (tertiary/aromatic N) is 2. The summed E-state index contributed by atoms with van der Waals surface area (Å²) in [6.45, 7) is 3.72. The third-order valence-electron chi connectivity index (χ3n) is 3.07. The fourth-order valence-corrected chi connectivity index (χ4v) is 2.05. The van der Waals surface area contributed by atoms with Crippen LogP contribution in [-0.4, -0.2) is 28.4 Å². The Kier molecular flexibility index (Phi) is 5.29. The fraction of sp³-hybridized carbons (Fsp3) is 0.267. The standard InChI is InChI=1S/C15H17FN4O3/c1-3-13-12(14(21)18-19-15(22)23-4-2)9-17-20(13)11-7-5-10(16)6-8-11/h5-9H,3-4H2,1-2H3,(H,18,21)(H,19,22). The van der Waals surface area contributed by atoms with Crippen LogP contribution < -0.4 is 10.9 Å². The Morgan fingerprint density at radius 2 is 1.91 bits per heavy atom. The summed E-state index contributed by atoms with van der Waals surface area (Å²) >= 11 is 0. The number of benzene rings is 1. The van der Waals surface area contributed by atoms with Gasteiger partial charge in [-0.25, -0.2) is 19.3 Å². The predicted molar refractivity (Wildman–Crippen MR) is 80.5 cm³/mol. The summed E-state index contributed by atoms with van der Waals surface area (Å²) in [5.41, 5.74) is 5.99. The third-order valence-corrected chi connectivity index (χ3v) is 3.07. The monoisotopic (exact) mass is 320 g/mol. The average molecular weight is 320 g/mol. The van der Waals surface area contributed by atoms with Crippen LogP contribution in [0, 0.1) is 5.82 Å². The number of hydrogen-bond acceptors (Lipinski definition) is 4. The van der Waals surface area contributed by atoms with Crippen LogP contribution in [-0.2, 0) is 11.2 Å². The van der Waals surface area contributed by atoms with Crippen LogP contribution in [0.3, 0.4) is 0 Å². The summed E-state index contributed by atoms with van der Waals surface area (Å²) in [5, 5.41) is 4.16. The Labute approximate surface area is 132 Å². The number of hydrogen-bond donors (Lipinski definition) is 2. The van der Waals surface area contributed by atoms with Gasteiger partial charge < -0.3 is 4.74 Å². The number of rotatable bonds is 4. The van der Waals surface area contributed by atoms with Crippen molar-refractivity contribution in [1.82, 2.24) is 20.6 Å². The van der Waals surface area contributed by atoms with E-state index in [4.69, 9.17) is 0 Å². The molecule has 0 aliphatic rings. The first kappa shape index (κ1) is 16.5. The van der Waals surface area contributed by atoms with E-state index in [1.807, 2.05) is 6.92 Å². The number of nitrogens with one attached hydrogen (secondary N) is 2. The van der Waals surface area contributed by atoms with E-state index in [1.165, 1.54) is 18.3 Å². The van der Waals surface area contributed by atoms with Gasteiger partial charge in [-0.3, -0.25) is 10.2 Å². The maximum atomic E-state index is 13.0. The molecule has 0 bridgehead atoms. The van der Waals surface area contributed by atoms with Gasteiger partial charge in [-0.1, -0.05) is 6.92 Å². The first-order chi connectivity index (χ1) is 11.1. The molecular formula is C15H17FN4O3. The van der Waals surface area contributed by atoms with Crippen molar-refractivity contribution >= 4 is 12.0 Å². The summed E-state index contributed by atoms with van der Waals surface area (Å²) in [7, 11) is 0. The molecule has 0 saturated heterocycles. The lowest BCUT2D eigenvalue weighted by molar-refractivity contribution is 0.0911. The van der Waals surface area contributed by atoms with Crippen molar-refractivity contribution in [3.8, 4) is 5.69 Å². The van der Waals surface area contributed by atoms with Gasteiger partial charge in [0.05, 0.1) is 29.7 Å². The molecule has 0 fully saturated rings. The molecule has 1 aromatic carbocycles. The van der Waals surface area contributed by atoms with E-state index in [-0.39, 0.29) is 12.4 Å². The minimum Gasteiger partial charge on any atom is -0.449 e. The van der Waals surface area contributed by atoms with Crippen molar-refractivity contribution in [2.45, 2.75) is 20.3 Å². The lowest BCUT2D eigenvalue weighted by atomic mass is 10.2. The molecule has 0 saturated carbocycles. The Bertz CT molecular complexity index is 697. The molecule has 2 N–H and O–H groups in total. The highest BCUT2D eigenvalue weighted by atomic mass is 19.1. The second-order valence-electron chi connectivity index (χ2n) is 4.55. The quantitative estimate of drug-likeness (QED) is 0.843. The molecule has 2 amide bonds. The first-order valence-corrected chi connectivity index (χ1v) is 7.12. The molecule has 23 heavy (non-hydrogen) atoms. The number of ether oxygens (including phenoxy) is 1. The van der Waals surface area contributed by atoms with Crippen molar-refractivity contribution in [1.29, 1.82) is 0 Å². The highest BCUT2D eigenvalue weighted by Gasteiger charge is 2.17. The van der Waals surface area contributed by atoms with E-state index in [0.29, 0.717) is 23.4 Å². The number of halogens is 1. The second-order valence-corrected chi connectivity index (χ2v) is 4.55. The van der Waals surface area contributed by atoms with E-state index in [9.17, 15) is 14.0 Å². The SMILES string of the molecule is CCOC(=O)NNC(=O)c1cnn(-c2ccc(F)cc2)c1CC. The van der Waals surface area contributed by atoms with Gasteiger partial charge in [0.25, 0.3) is 5.91 Å². The highest BCUT2D eigenvalue weighted by molar-refractivity contribution is 5.95. The average Bonchev–Trinajstić information content (AvgIpc) is 2.97. The van der Waals surface area contributed by atoms with Crippen molar-refractivity contribution in [2.75, 3.05) is 6.61 Å². The van der Waals surface area contributed by atoms with E-state index < -0.39 is 12.0 Å². The van der Waals surface area contributed by atoms with Crippen LogP contribution in [0.4, 0.5) is 9.18 Å². The number of aromatic nitrogens is 2. The summed E-state index contributed by atoms with van der Waals surface area (Å²) in [6, 6.07) is 5.77. The van der Waals surface area contributed by atoms with Crippen LogP contribution in [0.15, 0.2) is 30.5 Å². The van der Waals surface area contributed by atoms with Gasteiger partial charge in [0.2, 0.25) is 0 Å². The maximum absolute atomic E-state index is 13.0. The molecule has 0 spiro atoms. The molecule has 122 valence electrons. The molecule has 0 radical (unpaired) electrons. The molecule has 0 aliphatic carbocycles. The number of amides is 2. The number of hydrazine groups is 1. The van der Waals surface area contributed by atoms with Crippen molar-refractivity contribution in [2.24, 2.45) is 0 Å². The minimum atomic E-state index is -0.746. The molecular weight excluding hydrogens is 303 g/mol. The van der Waals surface area contributed by atoms with E-state index >= 15 is 0 Å². The summed E-state index contributed by atoms with van der Waals surface area (Å²) < 4.78 is 19.2. The number of carbonyl (C=O) groups is 2. The van der Waals surface area contributed by atoms with Crippen molar-refractivity contribution in [3.05, 3.63) is 47.5 Å². The molecule has 1 aromatic heterocycles. The van der Waals surface area contributed by atoms with Gasteiger partial charge in [-0.15, -0.1) is 0 Å². The Morgan fingerprint density at radius 1 is 1.22 bits per heavy atom. The van der Waals surface area contributed by atoms with Crippen LogP contribution in [0.5, 0.6) is 0 Å². The van der Waals surface area contributed by atoms with E-state index in [0.717, 1.165) is 0 Å². The predicted octanol–water partition coefficient (Wildman–Crippen LogP) is 1.96. The molecule has 7 nitrogen and oxygen atoms in total. The summed E-state index contributed by atoms with van der Waals surface area (Å²) in [6.07, 6.45) is 1.17. The molecule has 8 heteroatoms. The zero-order valence-electron chi connectivity index (χ0n) is 12.8. The Balaban J connectivity index is 2.19. The molecule has 2 aromatic rings. The smallest absolute Gasteiger partial charge is 0.426 e. The maximum Gasteiger partial charge on any atom is 0.426 e. The molecule has 2 rings (SSSR count). The van der Waals surface area contributed by atoms with E-state index in [2.05, 4.69) is 20.7 Å². The fourth-order valence-electron chi connectivity index (χ4n) is 2.05. The molecule has 0 atom stereocenters. The number of carbonyl (C=O) groups excluding carboxylic acids is 2. The Hall–Kier alpha value is -2.90. The van der Waals surface area contributed by atoms with Gasteiger partial charge in [0.1, 0.15) is 5.82 Å². The van der Waals surface area contributed by atoms with Crippen LogP contribution in [0.25, 0.3) is 5.69 Å². The van der Waals surface area contributed by atoms with Crippen LogP contribution >= 0.6 is 0 Å². The van der Waals surface area contributed by atoms with Gasteiger partial charge in [-0.05, 0) is 37.6 Å². The van der Waals surface area contributed by atoms with Crippen molar-refractivity contribution < 1.29 is 18.7 Å². The van der Waals surface area contributed by atoms with Crippen LogP contribution in [0.1, 0.15) is 29.9 Å². The van der Waals surface area contributed by atoms with Crippen LogP contribution in [0.2, 0.25) is 0 Å². The minimum absolute atomic E-state index is 0.199. The Morgan fingerprint density at radius 3 is 2.52 bits per heavy atom. The van der Waals surface area contributed by atoms with E-state index in [1.54, 1.807) is 23.7 Å². The summed E-state index contributed by atoms with van der Waals surface area (Å²) in [5.74, 6) is -0.862. The lowest BCUT2D eigenvalue weighted by Gasteiger charge is -2.09.